The standard InChI is InChI=1S/C31H37FN8O4/c1-19-16-38(3)11-12-40(19)25-7-6-23(14-28(25)43-4)36-31-35-18-34-29(37-31)21-5-8-26(22(13-21)15-33)44-27-9-10-39(17-24(27)32)30(42)20(2)41/h5-8,13-14,18-20,24,27,41H,9-12,16-17H2,1-4H3,(H,34,35,36,37)/t19-,20-,24-,27-/m0/s1. The summed E-state index contributed by atoms with van der Waals surface area (Å²) in [6, 6.07) is 13.2. The van der Waals surface area contributed by atoms with Gasteiger partial charge in [0.15, 0.2) is 12.0 Å². The summed E-state index contributed by atoms with van der Waals surface area (Å²) in [6.45, 7) is 6.48. The van der Waals surface area contributed by atoms with Crippen LogP contribution in [0.3, 0.4) is 0 Å². The van der Waals surface area contributed by atoms with Crippen LogP contribution in [0.2, 0.25) is 0 Å². The average Bonchev–Trinajstić information content (AvgIpc) is 3.02. The molecule has 13 heteroatoms. The number of nitriles is 1. The molecule has 44 heavy (non-hydrogen) atoms. The van der Waals surface area contributed by atoms with E-state index < -0.39 is 24.3 Å². The number of aliphatic hydroxyl groups excluding tert-OH is 1. The molecule has 0 aliphatic carbocycles. The van der Waals surface area contributed by atoms with Crippen molar-refractivity contribution in [2.75, 3.05) is 57.1 Å². The van der Waals surface area contributed by atoms with Gasteiger partial charge in [0.25, 0.3) is 5.91 Å². The van der Waals surface area contributed by atoms with Crippen molar-refractivity contribution in [2.45, 2.75) is 44.7 Å². The minimum Gasteiger partial charge on any atom is -0.495 e. The van der Waals surface area contributed by atoms with Gasteiger partial charge in [-0.15, -0.1) is 0 Å². The van der Waals surface area contributed by atoms with Crippen LogP contribution in [0.15, 0.2) is 42.7 Å². The number of ether oxygens (including phenoxy) is 2. The van der Waals surface area contributed by atoms with Gasteiger partial charge in [-0.25, -0.2) is 14.4 Å². The number of likely N-dealkylation sites (N-methyl/N-ethyl adjacent to an activating group) is 1. The molecule has 2 saturated heterocycles. The van der Waals surface area contributed by atoms with E-state index in [1.165, 1.54) is 18.2 Å². The molecule has 0 radical (unpaired) electrons. The normalized spacial score (nSPS) is 21.3. The maximum absolute atomic E-state index is 14.9. The summed E-state index contributed by atoms with van der Waals surface area (Å²) in [5, 5.41) is 22.6. The molecule has 3 aromatic rings. The summed E-state index contributed by atoms with van der Waals surface area (Å²) >= 11 is 0. The van der Waals surface area contributed by atoms with Gasteiger partial charge in [-0.05, 0) is 51.2 Å². The second kappa shape index (κ2) is 13.4. The highest BCUT2D eigenvalue weighted by atomic mass is 19.1. The zero-order valence-corrected chi connectivity index (χ0v) is 25.3. The number of carbonyl (C=O) groups is 1. The first-order valence-corrected chi connectivity index (χ1v) is 14.6. The van der Waals surface area contributed by atoms with Gasteiger partial charge in [0.2, 0.25) is 5.95 Å². The molecular weight excluding hydrogens is 567 g/mol. The molecule has 0 spiro atoms. The van der Waals surface area contributed by atoms with Gasteiger partial charge in [0.1, 0.15) is 36.1 Å². The number of alkyl halides is 1. The van der Waals surface area contributed by atoms with Crippen molar-refractivity contribution in [3.8, 4) is 29.0 Å². The summed E-state index contributed by atoms with van der Waals surface area (Å²) in [5.74, 6) is 1.11. The summed E-state index contributed by atoms with van der Waals surface area (Å²) in [7, 11) is 3.78. The number of rotatable bonds is 8. The first-order valence-electron chi connectivity index (χ1n) is 14.6. The van der Waals surface area contributed by atoms with Gasteiger partial charge >= 0.3 is 0 Å². The Bertz CT molecular complexity index is 1530. The monoisotopic (exact) mass is 604 g/mol. The van der Waals surface area contributed by atoms with E-state index in [-0.39, 0.29) is 30.8 Å². The van der Waals surface area contributed by atoms with Crippen molar-refractivity contribution < 1.29 is 23.8 Å². The molecule has 1 amide bonds. The molecule has 0 unspecified atom stereocenters. The molecule has 4 atom stereocenters. The molecule has 2 N–H and O–H groups in total. The Morgan fingerprint density at radius 3 is 2.68 bits per heavy atom. The Morgan fingerprint density at radius 2 is 1.98 bits per heavy atom. The molecule has 2 aliphatic heterocycles. The van der Waals surface area contributed by atoms with E-state index in [4.69, 9.17) is 9.47 Å². The van der Waals surface area contributed by atoms with E-state index in [0.29, 0.717) is 23.4 Å². The highest BCUT2D eigenvalue weighted by Gasteiger charge is 2.34. The van der Waals surface area contributed by atoms with E-state index >= 15 is 0 Å². The zero-order chi connectivity index (χ0) is 31.4. The molecule has 5 rings (SSSR count). The molecule has 0 bridgehead atoms. The minimum absolute atomic E-state index is 0.182. The summed E-state index contributed by atoms with van der Waals surface area (Å²) in [4.78, 5) is 31.1. The van der Waals surface area contributed by atoms with Gasteiger partial charge in [0, 0.05) is 56.0 Å². The van der Waals surface area contributed by atoms with Gasteiger partial charge in [0.05, 0.1) is 24.9 Å². The Hall–Kier alpha value is -4.54. The maximum Gasteiger partial charge on any atom is 0.251 e. The smallest absolute Gasteiger partial charge is 0.251 e. The number of benzene rings is 2. The third kappa shape index (κ3) is 6.82. The van der Waals surface area contributed by atoms with Crippen molar-refractivity contribution in [3.05, 3.63) is 48.3 Å². The first kappa shape index (κ1) is 30.9. The number of anilines is 3. The van der Waals surface area contributed by atoms with Crippen LogP contribution in [0, 0.1) is 11.3 Å². The summed E-state index contributed by atoms with van der Waals surface area (Å²) < 4.78 is 26.5. The molecule has 1 aromatic heterocycles. The third-order valence-corrected chi connectivity index (χ3v) is 7.94. The van der Waals surface area contributed by atoms with Crippen LogP contribution < -0.4 is 19.7 Å². The quantitative estimate of drug-likeness (QED) is 0.392. The van der Waals surface area contributed by atoms with E-state index in [2.05, 4.69) is 50.1 Å². The Morgan fingerprint density at radius 1 is 1.16 bits per heavy atom. The number of aromatic nitrogens is 3. The number of nitrogens with zero attached hydrogens (tertiary/aromatic N) is 7. The fraction of sp³-hybridized carbons (Fsp3) is 0.452. The van der Waals surface area contributed by atoms with Crippen LogP contribution in [0.4, 0.5) is 21.7 Å². The summed E-state index contributed by atoms with van der Waals surface area (Å²) in [6.07, 6.45) is -1.87. The van der Waals surface area contributed by atoms with E-state index in [1.807, 2.05) is 18.2 Å². The van der Waals surface area contributed by atoms with Crippen molar-refractivity contribution in [1.29, 1.82) is 5.26 Å². The molecule has 12 nitrogen and oxygen atoms in total. The average molecular weight is 605 g/mol. The maximum atomic E-state index is 14.9. The van der Waals surface area contributed by atoms with Gasteiger partial charge in [-0.2, -0.15) is 10.2 Å². The van der Waals surface area contributed by atoms with Crippen LogP contribution in [0.5, 0.6) is 11.5 Å². The second-order valence-electron chi connectivity index (χ2n) is 11.2. The lowest BCUT2D eigenvalue weighted by atomic mass is 10.0. The number of hydrogen-bond donors (Lipinski definition) is 2. The van der Waals surface area contributed by atoms with E-state index in [9.17, 15) is 19.6 Å². The zero-order valence-electron chi connectivity index (χ0n) is 25.3. The van der Waals surface area contributed by atoms with Gasteiger partial charge in [-0.1, -0.05) is 0 Å². The second-order valence-corrected chi connectivity index (χ2v) is 11.2. The number of likely N-dealkylation sites (tertiary alicyclic amines) is 1. The lowest BCUT2D eigenvalue weighted by molar-refractivity contribution is -0.143. The number of nitrogens with one attached hydrogen (secondary N) is 1. The predicted octanol–water partition coefficient (Wildman–Crippen LogP) is 3.00. The molecule has 0 saturated carbocycles. The fourth-order valence-electron chi connectivity index (χ4n) is 5.62. The summed E-state index contributed by atoms with van der Waals surface area (Å²) in [5.41, 5.74) is 2.53. The topological polar surface area (TPSA) is 140 Å². The number of amides is 1. The Kier molecular flexibility index (Phi) is 9.41. The van der Waals surface area contributed by atoms with Crippen LogP contribution in [-0.2, 0) is 4.79 Å². The SMILES string of the molecule is COc1cc(Nc2ncnc(-c3ccc(O[C@H]4CCN(C(=O)[C@H](C)O)C[C@@H]4F)c(C#N)c3)n2)ccc1N1CCN(C)C[C@@H]1C. The molecule has 2 aromatic carbocycles. The van der Waals surface area contributed by atoms with Crippen molar-refractivity contribution in [2.24, 2.45) is 0 Å². The molecule has 232 valence electrons. The molecule has 2 aliphatic rings. The molecule has 3 heterocycles. The highest BCUT2D eigenvalue weighted by Crippen LogP contribution is 2.34. The number of aliphatic hydroxyl groups is 1. The Labute approximate surface area is 256 Å². The third-order valence-electron chi connectivity index (χ3n) is 7.94. The fourth-order valence-corrected chi connectivity index (χ4v) is 5.62. The lowest BCUT2D eigenvalue weighted by Crippen LogP contribution is -2.51. The van der Waals surface area contributed by atoms with E-state index in [0.717, 1.165) is 36.8 Å². The highest BCUT2D eigenvalue weighted by molar-refractivity contribution is 5.80. The van der Waals surface area contributed by atoms with Crippen LogP contribution >= 0.6 is 0 Å². The van der Waals surface area contributed by atoms with E-state index in [1.54, 1.807) is 25.3 Å². The largest absolute Gasteiger partial charge is 0.495 e. The number of methoxy groups -OCH3 is 1. The van der Waals surface area contributed by atoms with Crippen LogP contribution in [0.1, 0.15) is 25.8 Å². The Balaban J connectivity index is 1.28. The molecule has 2 fully saturated rings. The van der Waals surface area contributed by atoms with Crippen molar-refractivity contribution in [1.82, 2.24) is 24.8 Å². The van der Waals surface area contributed by atoms with Crippen LogP contribution in [0.25, 0.3) is 11.4 Å². The predicted molar refractivity (Wildman–Crippen MR) is 163 cm³/mol. The van der Waals surface area contributed by atoms with Gasteiger partial charge < -0.3 is 34.6 Å². The molecular formula is C31H37FN8O4. The minimum atomic E-state index is -1.47. The number of piperazine rings is 1. The lowest BCUT2D eigenvalue weighted by Gasteiger charge is -2.40. The number of hydrogen-bond acceptors (Lipinski definition) is 11. The number of carbonyl (C=O) groups excluding carboxylic acids is 1. The first-order chi connectivity index (χ1) is 21.2. The van der Waals surface area contributed by atoms with Crippen LogP contribution in [-0.4, -0.2) is 107 Å². The number of piperidine rings is 1. The van der Waals surface area contributed by atoms with Crippen molar-refractivity contribution in [3.63, 3.8) is 0 Å². The van der Waals surface area contributed by atoms with Crippen molar-refractivity contribution >= 4 is 23.2 Å². The van der Waals surface area contributed by atoms with Gasteiger partial charge in [-0.3, -0.25) is 4.79 Å². The number of halogens is 1.